The van der Waals surface area contributed by atoms with Gasteiger partial charge in [-0.05, 0) is 12.1 Å². The first-order valence-electron chi connectivity index (χ1n) is 5.84. The second-order valence-electron chi connectivity index (χ2n) is 4.07. The fourth-order valence-electron chi connectivity index (χ4n) is 1.82. The first kappa shape index (κ1) is 12.6. The van der Waals surface area contributed by atoms with Gasteiger partial charge in [-0.25, -0.2) is 4.79 Å². The number of morpholine rings is 1. The molecule has 6 heteroatoms. The standard InChI is InChI=1S/C12H15NO5/c1-2-8-3-4-9(18-8)11(14)13-5-6-17-10(7-13)12(15)16/h3-4,10H,2,5-7H2,1H3,(H,15,16). The molecule has 1 N–H and O–H groups in total. The molecule has 1 saturated heterocycles. The highest BCUT2D eigenvalue weighted by molar-refractivity contribution is 5.92. The van der Waals surface area contributed by atoms with Crippen LogP contribution in [0.1, 0.15) is 23.2 Å². The molecule has 0 bridgehead atoms. The third-order valence-electron chi connectivity index (χ3n) is 2.85. The number of furan rings is 1. The van der Waals surface area contributed by atoms with Crippen molar-refractivity contribution < 1.29 is 23.8 Å². The Labute approximate surface area is 104 Å². The number of hydrogen-bond donors (Lipinski definition) is 1. The molecule has 98 valence electrons. The zero-order valence-electron chi connectivity index (χ0n) is 10.1. The van der Waals surface area contributed by atoms with Crippen LogP contribution in [0.2, 0.25) is 0 Å². The van der Waals surface area contributed by atoms with Crippen LogP contribution in [0, 0.1) is 0 Å². The van der Waals surface area contributed by atoms with E-state index in [1.54, 1.807) is 12.1 Å². The van der Waals surface area contributed by atoms with Crippen molar-refractivity contribution in [2.45, 2.75) is 19.4 Å². The van der Waals surface area contributed by atoms with Gasteiger partial charge in [-0.1, -0.05) is 6.92 Å². The number of hydrogen-bond acceptors (Lipinski definition) is 4. The van der Waals surface area contributed by atoms with Gasteiger partial charge < -0.3 is 19.2 Å². The molecule has 0 aromatic carbocycles. The summed E-state index contributed by atoms with van der Waals surface area (Å²) < 4.78 is 10.4. The maximum atomic E-state index is 12.1. The van der Waals surface area contributed by atoms with E-state index < -0.39 is 12.1 Å². The predicted molar refractivity (Wildman–Crippen MR) is 61.4 cm³/mol. The van der Waals surface area contributed by atoms with Gasteiger partial charge >= 0.3 is 5.97 Å². The van der Waals surface area contributed by atoms with Crippen LogP contribution in [0.25, 0.3) is 0 Å². The monoisotopic (exact) mass is 253 g/mol. The maximum absolute atomic E-state index is 12.1. The van der Waals surface area contributed by atoms with Gasteiger partial charge in [0.15, 0.2) is 11.9 Å². The topological polar surface area (TPSA) is 80.0 Å². The van der Waals surface area contributed by atoms with Crippen LogP contribution in [0.4, 0.5) is 0 Å². The van der Waals surface area contributed by atoms with Gasteiger partial charge in [0.25, 0.3) is 5.91 Å². The quantitative estimate of drug-likeness (QED) is 0.860. The second kappa shape index (κ2) is 5.22. The van der Waals surface area contributed by atoms with Gasteiger partial charge in [-0.2, -0.15) is 0 Å². The fourth-order valence-corrected chi connectivity index (χ4v) is 1.82. The lowest BCUT2D eigenvalue weighted by Gasteiger charge is -2.30. The number of carbonyl (C=O) groups excluding carboxylic acids is 1. The van der Waals surface area contributed by atoms with Crippen LogP contribution in [0.5, 0.6) is 0 Å². The van der Waals surface area contributed by atoms with Crippen LogP contribution in [0.15, 0.2) is 16.5 Å². The summed E-state index contributed by atoms with van der Waals surface area (Å²) >= 11 is 0. The normalized spacial score (nSPS) is 19.8. The van der Waals surface area contributed by atoms with E-state index in [0.29, 0.717) is 13.0 Å². The summed E-state index contributed by atoms with van der Waals surface area (Å²) in [5.74, 6) is -0.357. The highest BCUT2D eigenvalue weighted by Gasteiger charge is 2.30. The molecule has 1 aromatic rings. The van der Waals surface area contributed by atoms with Crippen molar-refractivity contribution in [3.05, 3.63) is 23.7 Å². The molecule has 0 saturated carbocycles. The second-order valence-corrected chi connectivity index (χ2v) is 4.07. The Balaban J connectivity index is 2.06. The van der Waals surface area contributed by atoms with Crippen LogP contribution in [0.3, 0.4) is 0 Å². The summed E-state index contributed by atoms with van der Waals surface area (Å²) in [5.41, 5.74) is 0. The third-order valence-corrected chi connectivity index (χ3v) is 2.85. The summed E-state index contributed by atoms with van der Waals surface area (Å²) in [5, 5.41) is 8.86. The van der Waals surface area contributed by atoms with Crippen LogP contribution in [-0.4, -0.2) is 47.7 Å². The fraction of sp³-hybridized carbons (Fsp3) is 0.500. The molecule has 1 atom stereocenters. The Kier molecular flexibility index (Phi) is 3.66. The van der Waals surface area contributed by atoms with Crippen molar-refractivity contribution in [3.63, 3.8) is 0 Å². The number of rotatable bonds is 3. The van der Waals surface area contributed by atoms with Gasteiger partial charge in [0.1, 0.15) is 5.76 Å². The van der Waals surface area contributed by atoms with Crippen LogP contribution in [-0.2, 0) is 16.0 Å². The van der Waals surface area contributed by atoms with Crippen LogP contribution >= 0.6 is 0 Å². The molecule has 1 aliphatic rings. The molecule has 1 aromatic heterocycles. The van der Waals surface area contributed by atoms with Gasteiger partial charge in [0, 0.05) is 13.0 Å². The van der Waals surface area contributed by atoms with Crippen molar-refractivity contribution in [3.8, 4) is 0 Å². The molecule has 1 aliphatic heterocycles. The number of ether oxygens (including phenoxy) is 1. The molecule has 1 amide bonds. The van der Waals surface area contributed by atoms with Gasteiger partial charge in [-0.15, -0.1) is 0 Å². The Hall–Kier alpha value is -1.82. The molecular weight excluding hydrogens is 238 g/mol. The van der Waals surface area contributed by atoms with Gasteiger partial charge in [0.2, 0.25) is 0 Å². The van der Waals surface area contributed by atoms with E-state index in [2.05, 4.69) is 0 Å². The summed E-state index contributed by atoms with van der Waals surface area (Å²) in [6.45, 7) is 2.59. The van der Waals surface area contributed by atoms with Gasteiger partial charge in [0.05, 0.1) is 13.2 Å². The van der Waals surface area contributed by atoms with E-state index >= 15 is 0 Å². The van der Waals surface area contributed by atoms with Crippen molar-refractivity contribution in [2.24, 2.45) is 0 Å². The molecule has 1 unspecified atom stereocenters. The first-order valence-corrected chi connectivity index (χ1v) is 5.84. The van der Waals surface area contributed by atoms with Crippen LogP contribution < -0.4 is 0 Å². The summed E-state index contributed by atoms with van der Waals surface area (Å²) in [4.78, 5) is 24.3. The molecule has 2 rings (SSSR count). The summed E-state index contributed by atoms with van der Waals surface area (Å²) in [7, 11) is 0. The van der Waals surface area contributed by atoms with E-state index in [1.165, 1.54) is 4.90 Å². The highest BCUT2D eigenvalue weighted by atomic mass is 16.5. The van der Waals surface area contributed by atoms with E-state index in [-0.39, 0.29) is 24.8 Å². The van der Waals surface area contributed by atoms with E-state index in [9.17, 15) is 9.59 Å². The molecule has 0 spiro atoms. The number of amides is 1. The lowest BCUT2D eigenvalue weighted by Crippen LogP contribution is -2.48. The average Bonchev–Trinajstić information content (AvgIpc) is 2.86. The highest BCUT2D eigenvalue weighted by Crippen LogP contribution is 2.14. The van der Waals surface area contributed by atoms with Crippen molar-refractivity contribution in [1.29, 1.82) is 0 Å². The molecular formula is C12H15NO5. The Morgan fingerprint density at radius 1 is 1.50 bits per heavy atom. The minimum Gasteiger partial charge on any atom is -0.479 e. The third kappa shape index (κ3) is 2.53. The van der Waals surface area contributed by atoms with E-state index in [0.717, 1.165) is 5.76 Å². The molecule has 6 nitrogen and oxygen atoms in total. The van der Waals surface area contributed by atoms with Crippen molar-refractivity contribution in [2.75, 3.05) is 19.7 Å². The summed E-state index contributed by atoms with van der Waals surface area (Å²) in [6.07, 6.45) is -0.239. The Morgan fingerprint density at radius 3 is 2.89 bits per heavy atom. The summed E-state index contributed by atoms with van der Waals surface area (Å²) in [6, 6.07) is 3.37. The number of aliphatic carboxylic acids is 1. The lowest BCUT2D eigenvalue weighted by atomic mass is 10.2. The number of carboxylic acid groups (broad SMARTS) is 1. The smallest absolute Gasteiger partial charge is 0.334 e. The van der Waals surface area contributed by atoms with Crippen molar-refractivity contribution in [1.82, 2.24) is 4.90 Å². The maximum Gasteiger partial charge on any atom is 0.334 e. The van der Waals surface area contributed by atoms with Crippen molar-refractivity contribution >= 4 is 11.9 Å². The first-order chi connectivity index (χ1) is 8.61. The minimum absolute atomic E-state index is 0.0519. The number of aryl methyl sites for hydroxylation is 1. The molecule has 18 heavy (non-hydrogen) atoms. The Morgan fingerprint density at radius 2 is 2.28 bits per heavy atom. The van der Waals surface area contributed by atoms with E-state index in [4.69, 9.17) is 14.3 Å². The number of carboxylic acids is 1. The zero-order chi connectivity index (χ0) is 13.1. The van der Waals surface area contributed by atoms with E-state index in [1.807, 2.05) is 6.92 Å². The lowest BCUT2D eigenvalue weighted by molar-refractivity contribution is -0.154. The molecule has 0 aliphatic carbocycles. The molecule has 2 heterocycles. The predicted octanol–water partition coefficient (Wildman–Crippen LogP) is 0.768. The largest absolute Gasteiger partial charge is 0.479 e. The van der Waals surface area contributed by atoms with Gasteiger partial charge in [-0.3, -0.25) is 4.79 Å². The Bertz CT molecular complexity index is 453. The SMILES string of the molecule is CCc1ccc(C(=O)N2CCOC(C(=O)O)C2)o1. The zero-order valence-corrected chi connectivity index (χ0v) is 10.1. The molecule has 0 radical (unpaired) electrons. The number of nitrogens with zero attached hydrogens (tertiary/aromatic N) is 1. The average molecular weight is 253 g/mol. The molecule has 1 fully saturated rings. The minimum atomic E-state index is -1.05. The number of carbonyl (C=O) groups is 2.